The van der Waals surface area contributed by atoms with E-state index in [4.69, 9.17) is 0 Å². The van der Waals surface area contributed by atoms with Crippen LogP contribution in [0.25, 0.3) is 10.9 Å². The molecule has 0 aliphatic carbocycles. The van der Waals surface area contributed by atoms with E-state index < -0.39 is 17.9 Å². The second-order valence-electron chi connectivity index (χ2n) is 7.61. The van der Waals surface area contributed by atoms with Gasteiger partial charge in [-0.1, -0.05) is 0 Å². The molecule has 1 aliphatic heterocycles. The number of likely N-dealkylation sites (tertiary alicyclic amines) is 1. The van der Waals surface area contributed by atoms with E-state index in [2.05, 4.69) is 25.8 Å². The first-order chi connectivity index (χ1) is 14.7. The number of anilines is 2. The summed E-state index contributed by atoms with van der Waals surface area (Å²) in [6, 6.07) is 5.67. The van der Waals surface area contributed by atoms with Crippen LogP contribution in [-0.4, -0.2) is 62.9 Å². The van der Waals surface area contributed by atoms with Crippen LogP contribution >= 0.6 is 0 Å². The van der Waals surface area contributed by atoms with E-state index in [0.717, 1.165) is 0 Å². The molecule has 1 unspecified atom stereocenters. The van der Waals surface area contributed by atoms with E-state index in [1.807, 2.05) is 6.07 Å². The zero-order valence-corrected chi connectivity index (χ0v) is 16.9. The minimum absolute atomic E-state index is 0.124. The number of likely N-dealkylation sites (N-methyl/N-ethyl adjacent to an activating group) is 1. The maximum Gasteiger partial charge on any atom is 0.281 e. The number of nitrogens with one attached hydrogen (secondary N) is 2. The van der Waals surface area contributed by atoms with E-state index in [0.29, 0.717) is 27.8 Å². The third kappa shape index (κ3) is 4.29. The first-order valence-electron chi connectivity index (χ1n) is 9.57. The Hall–Kier alpha value is -3.65. The fourth-order valence-corrected chi connectivity index (χ4v) is 3.60. The normalized spacial score (nSPS) is 18.1. The molecule has 0 bridgehead atoms. The molecule has 1 fully saturated rings. The van der Waals surface area contributed by atoms with Gasteiger partial charge in [0.25, 0.3) is 5.92 Å². The van der Waals surface area contributed by atoms with Gasteiger partial charge in [0.1, 0.15) is 12.6 Å². The second kappa shape index (κ2) is 7.88. The largest absolute Gasteiger partial charge is 0.373 e. The van der Waals surface area contributed by atoms with Crippen LogP contribution in [0.15, 0.2) is 30.6 Å². The predicted octanol–water partition coefficient (Wildman–Crippen LogP) is 2.01. The van der Waals surface area contributed by atoms with Crippen LogP contribution in [0.1, 0.15) is 11.3 Å². The van der Waals surface area contributed by atoms with E-state index in [1.165, 1.54) is 22.1 Å². The summed E-state index contributed by atoms with van der Waals surface area (Å²) in [4.78, 5) is 19.6. The highest BCUT2D eigenvalue weighted by atomic mass is 19.3. The van der Waals surface area contributed by atoms with Crippen LogP contribution in [0.3, 0.4) is 0 Å². The first-order valence-corrected chi connectivity index (χ1v) is 9.57. The summed E-state index contributed by atoms with van der Waals surface area (Å²) in [7, 11) is 1.62. The van der Waals surface area contributed by atoms with E-state index in [-0.39, 0.29) is 25.3 Å². The Kier molecular flexibility index (Phi) is 5.24. The Morgan fingerprint density at radius 3 is 2.84 bits per heavy atom. The Bertz CT molecular complexity index is 1190. The van der Waals surface area contributed by atoms with Gasteiger partial charge in [-0.2, -0.15) is 20.3 Å². The standard InChI is InChI=1S/C20H20F2N8O/c1-12-7-25-30(28-12)10-18(31)26-16-8-24-15-4-3-13(6-23)5-14(15)19(16)27-17-9-29(2)11-20(17,21)22/h3-5,7-8,17H,9-11H2,1-2H3,(H,24,27)(H,26,31). The Morgan fingerprint density at radius 2 is 2.19 bits per heavy atom. The molecular formula is C20H20F2N8O. The molecule has 2 aromatic heterocycles. The van der Waals surface area contributed by atoms with Gasteiger partial charge >= 0.3 is 0 Å². The molecule has 1 amide bonds. The molecule has 1 atom stereocenters. The molecular weight excluding hydrogens is 406 g/mol. The lowest BCUT2D eigenvalue weighted by atomic mass is 10.1. The molecule has 11 heteroatoms. The van der Waals surface area contributed by atoms with Gasteiger partial charge in [0.2, 0.25) is 5.91 Å². The third-order valence-corrected chi connectivity index (χ3v) is 5.01. The number of aryl methyl sites for hydroxylation is 1. The highest BCUT2D eigenvalue weighted by molar-refractivity contribution is 6.03. The number of halogens is 2. The van der Waals surface area contributed by atoms with Crippen LogP contribution in [0.2, 0.25) is 0 Å². The number of hydrogen-bond acceptors (Lipinski definition) is 7. The smallest absolute Gasteiger partial charge is 0.281 e. The first kappa shape index (κ1) is 20.6. The van der Waals surface area contributed by atoms with Gasteiger partial charge in [0.05, 0.1) is 53.2 Å². The third-order valence-electron chi connectivity index (χ3n) is 5.01. The molecule has 0 spiro atoms. The molecule has 3 aromatic rings. The lowest BCUT2D eigenvalue weighted by molar-refractivity contribution is -0.117. The van der Waals surface area contributed by atoms with Crippen LogP contribution in [0.5, 0.6) is 0 Å². The monoisotopic (exact) mass is 426 g/mol. The summed E-state index contributed by atoms with van der Waals surface area (Å²) in [5.41, 5.74) is 2.06. The minimum atomic E-state index is -2.96. The summed E-state index contributed by atoms with van der Waals surface area (Å²) < 4.78 is 29.0. The number of alkyl halides is 2. The number of benzene rings is 1. The number of nitrogens with zero attached hydrogens (tertiary/aromatic N) is 6. The maximum atomic E-state index is 14.5. The van der Waals surface area contributed by atoms with Crippen molar-refractivity contribution in [3.05, 3.63) is 41.9 Å². The van der Waals surface area contributed by atoms with Crippen molar-refractivity contribution in [1.82, 2.24) is 24.9 Å². The summed E-state index contributed by atoms with van der Waals surface area (Å²) >= 11 is 0. The number of aromatic nitrogens is 4. The number of carbonyl (C=O) groups excluding carboxylic acids is 1. The average Bonchev–Trinajstić information content (AvgIpc) is 3.23. The van der Waals surface area contributed by atoms with Crippen LogP contribution < -0.4 is 10.6 Å². The molecule has 31 heavy (non-hydrogen) atoms. The fourth-order valence-electron chi connectivity index (χ4n) is 3.60. The molecule has 0 saturated carbocycles. The topological polar surface area (TPSA) is 112 Å². The SMILES string of the molecule is Cc1cnn(CC(=O)Nc2cnc3ccc(C#N)cc3c2NC2CN(C)CC2(F)F)n1. The molecule has 9 nitrogen and oxygen atoms in total. The van der Waals surface area contributed by atoms with Crippen molar-refractivity contribution in [1.29, 1.82) is 5.26 Å². The van der Waals surface area contributed by atoms with Gasteiger partial charge in [-0.25, -0.2) is 8.78 Å². The van der Waals surface area contributed by atoms with Crippen LogP contribution in [-0.2, 0) is 11.3 Å². The molecule has 1 aliphatic rings. The predicted molar refractivity (Wildman–Crippen MR) is 110 cm³/mol. The van der Waals surface area contributed by atoms with Crippen molar-refractivity contribution in [2.75, 3.05) is 30.8 Å². The van der Waals surface area contributed by atoms with Gasteiger partial charge in [0, 0.05) is 11.9 Å². The Morgan fingerprint density at radius 1 is 1.39 bits per heavy atom. The van der Waals surface area contributed by atoms with Gasteiger partial charge in [-0.05, 0) is 32.2 Å². The van der Waals surface area contributed by atoms with Crippen molar-refractivity contribution >= 4 is 28.2 Å². The summed E-state index contributed by atoms with van der Waals surface area (Å²) in [6.45, 7) is 1.36. The van der Waals surface area contributed by atoms with Gasteiger partial charge in [-0.15, -0.1) is 0 Å². The zero-order chi connectivity index (χ0) is 22.2. The maximum absolute atomic E-state index is 14.5. The summed E-state index contributed by atoms with van der Waals surface area (Å²) in [5, 5.41) is 23.4. The van der Waals surface area contributed by atoms with E-state index >= 15 is 0 Å². The van der Waals surface area contributed by atoms with Crippen molar-refractivity contribution in [2.24, 2.45) is 0 Å². The van der Waals surface area contributed by atoms with Crippen LogP contribution in [0, 0.1) is 18.3 Å². The highest BCUT2D eigenvalue weighted by Crippen LogP contribution is 2.35. The number of carbonyl (C=O) groups is 1. The number of pyridine rings is 1. The van der Waals surface area contributed by atoms with Crippen molar-refractivity contribution < 1.29 is 13.6 Å². The molecule has 1 aromatic carbocycles. The average molecular weight is 426 g/mol. The quantitative estimate of drug-likeness (QED) is 0.642. The number of rotatable bonds is 5. The van der Waals surface area contributed by atoms with Crippen molar-refractivity contribution in [3.63, 3.8) is 0 Å². The second-order valence-corrected chi connectivity index (χ2v) is 7.61. The van der Waals surface area contributed by atoms with Crippen molar-refractivity contribution in [3.8, 4) is 6.07 Å². The molecule has 1 saturated heterocycles. The summed E-state index contributed by atoms with van der Waals surface area (Å²) in [6.07, 6.45) is 2.94. The minimum Gasteiger partial charge on any atom is -0.373 e. The lowest BCUT2D eigenvalue weighted by Crippen LogP contribution is -2.38. The Balaban J connectivity index is 1.71. The van der Waals surface area contributed by atoms with E-state index in [9.17, 15) is 18.8 Å². The number of amides is 1. The lowest BCUT2D eigenvalue weighted by Gasteiger charge is -2.23. The molecule has 0 radical (unpaired) electrons. The Labute approximate surface area is 176 Å². The summed E-state index contributed by atoms with van der Waals surface area (Å²) in [5.74, 6) is -3.40. The molecule has 3 heterocycles. The van der Waals surface area contributed by atoms with Crippen molar-refractivity contribution in [2.45, 2.75) is 25.4 Å². The number of hydrogen-bond donors (Lipinski definition) is 2. The zero-order valence-electron chi connectivity index (χ0n) is 16.9. The molecule has 160 valence electrons. The van der Waals surface area contributed by atoms with Gasteiger partial charge < -0.3 is 10.6 Å². The molecule has 2 N–H and O–H groups in total. The van der Waals surface area contributed by atoms with Crippen LogP contribution in [0.4, 0.5) is 20.2 Å². The number of nitriles is 1. The van der Waals surface area contributed by atoms with E-state index in [1.54, 1.807) is 32.2 Å². The van der Waals surface area contributed by atoms with Gasteiger partial charge in [-0.3, -0.25) is 14.7 Å². The molecule has 4 rings (SSSR count). The highest BCUT2D eigenvalue weighted by Gasteiger charge is 2.47. The number of fused-ring (bicyclic) bond motifs is 1. The fraction of sp³-hybridized carbons (Fsp3) is 0.350. The van der Waals surface area contributed by atoms with Gasteiger partial charge in [0.15, 0.2) is 0 Å².